The minimum Gasteiger partial charge on any atom is -0.208 e. The predicted octanol–water partition coefficient (Wildman–Crippen LogP) is 5.63. The molecule has 0 bridgehead atoms. The maximum absolute atomic E-state index is 13.4. The zero-order valence-electron chi connectivity index (χ0n) is 12.6. The molecule has 10 heteroatoms. The fourth-order valence-corrected chi connectivity index (χ4v) is 2.54. The monoisotopic (exact) mass is 391 g/mol. The van der Waals surface area contributed by atoms with Crippen LogP contribution in [0, 0.1) is 0 Å². The summed E-state index contributed by atoms with van der Waals surface area (Å²) in [6.45, 7) is 0. The fraction of sp³-hybridized carbons (Fsp3) is 0.125. The van der Waals surface area contributed by atoms with Crippen LogP contribution in [0.25, 0.3) is 17.1 Å². The van der Waals surface area contributed by atoms with E-state index in [2.05, 4.69) is 10.1 Å². The Hall–Kier alpha value is -2.55. The van der Waals surface area contributed by atoms with Crippen LogP contribution in [0.2, 0.25) is 5.02 Å². The highest BCUT2D eigenvalue weighted by atomic mass is 35.5. The second-order valence-corrected chi connectivity index (χ2v) is 5.57. The first-order valence-corrected chi connectivity index (χ1v) is 7.42. The van der Waals surface area contributed by atoms with Gasteiger partial charge in [0.15, 0.2) is 5.82 Å². The highest BCUT2D eigenvalue weighted by molar-refractivity contribution is 6.33. The van der Waals surface area contributed by atoms with E-state index in [-0.39, 0.29) is 15.3 Å². The van der Waals surface area contributed by atoms with Gasteiger partial charge in [-0.2, -0.15) is 26.3 Å². The predicted molar refractivity (Wildman–Crippen MR) is 81.8 cm³/mol. The van der Waals surface area contributed by atoms with Crippen molar-refractivity contribution in [2.24, 2.45) is 0 Å². The minimum atomic E-state index is -5.02. The van der Waals surface area contributed by atoms with E-state index in [1.165, 1.54) is 24.3 Å². The van der Waals surface area contributed by atoms with Crippen LogP contribution in [0.3, 0.4) is 0 Å². The van der Waals surface area contributed by atoms with Gasteiger partial charge in [0.2, 0.25) is 5.82 Å². The number of hydrogen-bond donors (Lipinski definition) is 0. The van der Waals surface area contributed by atoms with Crippen molar-refractivity contribution in [1.29, 1.82) is 0 Å². The molecule has 0 aliphatic heterocycles. The van der Waals surface area contributed by atoms with Gasteiger partial charge in [0.05, 0.1) is 16.3 Å². The SMILES string of the molecule is FC(F)(F)c1ccccc1-n1nc(-c2ccccc2Cl)nc1C(F)(F)F. The van der Waals surface area contributed by atoms with E-state index in [0.717, 1.165) is 12.1 Å². The van der Waals surface area contributed by atoms with Gasteiger partial charge in [0.25, 0.3) is 0 Å². The normalized spacial score (nSPS) is 12.4. The molecule has 0 radical (unpaired) electrons. The summed E-state index contributed by atoms with van der Waals surface area (Å²) >= 11 is 5.93. The van der Waals surface area contributed by atoms with Gasteiger partial charge in [0.1, 0.15) is 0 Å². The highest BCUT2D eigenvalue weighted by Gasteiger charge is 2.41. The molecule has 0 spiro atoms. The molecule has 3 nitrogen and oxygen atoms in total. The molecule has 136 valence electrons. The van der Waals surface area contributed by atoms with Crippen LogP contribution < -0.4 is 0 Å². The summed E-state index contributed by atoms with van der Waals surface area (Å²) in [6.07, 6.45) is -9.89. The molecule has 0 saturated carbocycles. The fourth-order valence-electron chi connectivity index (χ4n) is 2.32. The van der Waals surface area contributed by atoms with Crippen molar-refractivity contribution < 1.29 is 26.3 Å². The molecule has 0 aliphatic rings. The maximum atomic E-state index is 13.4. The molecule has 0 atom stereocenters. The lowest BCUT2D eigenvalue weighted by Crippen LogP contribution is -2.18. The average Bonchev–Trinajstić information content (AvgIpc) is 3.00. The van der Waals surface area contributed by atoms with Gasteiger partial charge in [-0.3, -0.25) is 0 Å². The third kappa shape index (κ3) is 3.39. The van der Waals surface area contributed by atoms with E-state index in [1.54, 1.807) is 6.07 Å². The van der Waals surface area contributed by atoms with E-state index in [0.29, 0.717) is 6.07 Å². The molecule has 26 heavy (non-hydrogen) atoms. The zero-order chi connectivity index (χ0) is 19.1. The van der Waals surface area contributed by atoms with Crippen molar-refractivity contribution in [2.75, 3.05) is 0 Å². The van der Waals surface area contributed by atoms with E-state index in [9.17, 15) is 26.3 Å². The van der Waals surface area contributed by atoms with Crippen molar-refractivity contribution >= 4 is 11.6 Å². The van der Waals surface area contributed by atoms with Crippen LogP contribution >= 0.6 is 11.6 Å². The molecule has 0 amide bonds. The summed E-state index contributed by atoms with van der Waals surface area (Å²) in [6, 6.07) is 9.65. The van der Waals surface area contributed by atoms with Crippen LogP contribution in [-0.2, 0) is 12.4 Å². The molecule has 2 aromatic carbocycles. The van der Waals surface area contributed by atoms with Crippen molar-refractivity contribution in [3.8, 4) is 17.1 Å². The first-order valence-electron chi connectivity index (χ1n) is 7.05. The molecule has 3 aromatic rings. The van der Waals surface area contributed by atoms with E-state index >= 15 is 0 Å². The van der Waals surface area contributed by atoms with Gasteiger partial charge in [0, 0.05) is 5.56 Å². The topological polar surface area (TPSA) is 30.7 Å². The largest absolute Gasteiger partial charge is 0.451 e. The van der Waals surface area contributed by atoms with E-state index < -0.39 is 35.3 Å². The zero-order valence-corrected chi connectivity index (χ0v) is 13.4. The number of benzene rings is 2. The van der Waals surface area contributed by atoms with Crippen molar-refractivity contribution in [2.45, 2.75) is 12.4 Å². The van der Waals surface area contributed by atoms with Crippen LogP contribution in [0.4, 0.5) is 26.3 Å². The summed E-state index contributed by atoms with van der Waals surface area (Å²) in [7, 11) is 0. The number of halogens is 7. The molecule has 0 saturated heterocycles. The average molecular weight is 392 g/mol. The van der Waals surface area contributed by atoms with E-state index in [4.69, 9.17) is 11.6 Å². The van der Waals surface area contributed by atoms with Crippen LogP contribution in [0.1, 0.15) is 11.4 Å². The van der Waals surface area contributed by atoms with Crippen molar-refractivity contribution in [3.05, 3.63) is 64.9 Å². The standard InChI is InChI=1S/C16H8ClF6N3/c17-11-7-3-1-5-9(11)13-24-14(16(21,22)23)26(25-13)12-8-4-2-6-10(12)15(18,19)20/h1-8H. The number of nitrogens with zero attached hydrogens (tertiary/aromatic N) is 3. The van der Waals surface area contributed by atoms with Gasteiger partial charge in [-0.15, -0.1) is 5.10 Å². The number of para-hydroxylation sites is 1. The Kier molecular flexibility index (Phi) is 4.43. The summed E-state index contributed by atoms with van der Waals surface area (Å²) in [5.41, 5.74) is -1.97. The molecule has 0 N–H and O–H groups in total. The quantitative estimate of drug-likeness (QED) is 0.530. The van der Waals surface area contributed by atoms with Gasteiger partial charge in [-0.05, 0) is 24.3 Å². The molecule has 1 heterocycles. The van der Waals surface area contributed by atoms with Crippen molar-refractivity contribution in [1.82, 2.24) is 14.8 Å². The van der Waals surface area contributed by atoms with Crippen LogP contribution in [-0.4, -0.2) is 14.8 Å². The minimum absolute atomic E-state index is 0.0717. The van der Waals surface area contributed by atoms with Crippen LogP contribution in [0.15, 0.2) is 48.5 Å². The molecular formula is C16H8ClF6N3. The Morgan fingerprint density at radius 1 is 0.808 bits per heavy atom. The molecule has 0 aliphatic carbocycles. The number of alkyl halides is 6. The third-order valence-corrected chi connectivity index (χ3v) is 3.74. The lowest BCUT2D eigenvalue weighted by atomic mass is 10.1. The van der Waals surface area contributed by atoms with Gasteiger partial charge >= 0.3 is 12.4 Å². The molecule has 1 aromatic heterocycles. The summed E-state index contributed by atoms with van der Waals surface area (Å²) in [4.78, 5) is 3.39. The number of rotatable bonds is 2. The summed E-state index contributed by atoms with van der Waals surface area (Å²) in [5.74, 6) is -2.01. The second-order valence-electron chi connectivity index (χ2n) is 5.16. The summed E-state index contributed by atoms with van der Waals surface area (Å²) in [5, 5.41) is 3.73. The molecule has 0 unspecified atom stereocenters. The molecular weight excluding hydrogens is 384 g/mol. The number of hydrogen-bond acceptors (Lipinski definition) is 2. The lowest BCUT2D eigenvalue weighted by molar-refractivity contribution is -0.147. The Morgan fingerprint density at radius 2 is 1.42 bits per heavy atom. The maximum Gasteiger partial charge on any atom is 0.451 e. The first kappa shape index (κ1) is 18.2. The van der Waals surface area contributed by atoms with E-state index in [1.807, 2.05) is 0 Å². The van der Waals surface area contributed by atoms with Crippen molar-refractivity contribution in [3.63, 3.8) is 0 Å². The van der Waals surface area contributed by atoms with Gasteiger partial charge in [-0.25, -0.2) is 9.67 Å². The Morgan fingerprint density at radius 3 is 2.04 bits per heavy atom. The van der Waals surface area contributed by atoms with Gasteiger partial charge < -0.3 is 0 Å². The molecule has 0 fully saturated rings. The Bertz CT molecular complexity index is 946. The lowest BCUT2D eigenvalue weighted by Gasteiger charge is -2.14. The molecule has 3 rings (SSSR count). The third-order valence-electron chi connectivity index (χ3n) is 3.41. The Balaban J connectivity index is 2.28. The Labute approximate surface area is 147 Å². The smallest absolute Gasteiger partial charge is 0.208 e. The second kappa shape index (κ2) is 6.31. The summed E-state index contributed by atoms with van der Waals surface area (Å²) < 4.78 is 79.8. The first-order chi connectivity index (χ1) is 12.1. The van der Waals surface area contributed by atoms with Gasteiger partial charge in [-0.1, -0.05) is 35.9 Å². The number of aromatic nitrogens is 3. The van der Waals surface area contributed by atoms with Crippen LogP contribution in [0.5, 0.6) is 0 Å². The highest BCUT2D eigenvalue weighted by Crippen LogP contribution is 2.37.